The van der Waals surface area contributed by atoms with E-state index >= 15 is 0 Å². The first-order valence-electron chi connectivity index (χ1n) is 7.32. The lowest BCUT2D eigenvalue weighted by Gasteiger charge is -2.21. The zero-order chi connectivity index (χ0) is 16.7. The zero-order valence-electron chi connectivity index (χ0n) is 13.6. The topological polar surface area (TPSA) is 64.6 Å². The molecule has 0 fully saturated rings. The standard InChI is InChI=1S/C16H21N3O3S/c1-12-14(16(20)19(7-9-21-2)8-10-22-3)23-15(18-12)13-5-4-6-17-11-13/h4-6,11H,7-10H2,1-3H3. The number of thiazole rings is 1. The maximum Gasteiger partial charge on any atom is 0.266 e. The minimum atomic E-state index is -0.0377. The van der Waals surface area contributed by atoms with Gasteiger partial charge in [0.05, 0.1) is 18.9 Å². The molecule has 0 saturated carbocycles. The average Bonchev–Trinajstić information content (AvgIpc) is 2.97. The van der Waals surface area contributed by atoms with Crippen molar-refractivity contribution in [1.82, 2.24) is 14.9 Å². The van der Waals surface area contributed by atoms with Crippen LogP contribution in [0, 0.1) is 6.92 Å². The fourth-order valence-corrected chi connectivity index (χ4v) is 3.09. The van der Waals surface area contributed by atoms with E-state index in [-0.39, 0.29) is 5.91 Å². The van der Waals surface area contributed by atoms with Crippen molar-refractivity contribution < 1.29 is 14.3 Å². The van der Waals surface area contributed by atoms with Crippen LogP contribution in [-0.2, 0) is 9.47 Å². The maximum absolute atomic E-state index is 12.8. The van der Waals surface area contributed by atoms with Gasteiger partial charge in [0.2, 0.25) is 0 Å². The van der Waals surface area contributed by atoms with Gasteiger partial charge in [0.25, 0.3) is 5.91 Å². The van der Waals surface area contributed by atoms with E-state index in [1.807, 2.05) is 19.1 Å². The summed E-state index contributed by atoms with van der Waals surface area (Å²) in [6, 6.07) is 3.80. The van der Waals surface area contributed by atoms with Gasteiger partial charge in [-0.15, -0.1) is 11.3 Å². The summed E-state index contributed by atoms with van der Waals surface area (Å²) < 4.78 is 10.2. The van der Waals surface area contributed by atoms with Gasteiger partial charge in [-0.1, -0.05) is 0 Å². The molecule has 1 amide bonds. The molecule has 0 unspecified atom stereocenters. The Kier molecular flexibility index (Phi) is 6.64. The Bertz CT molecular complexity index is 623. The molecule has 0 bridgehead atoms. The Hall–Kier alpha value is -1.83. The van der Waals surface area contributed by atoms with Gasteiger partial charge in [-0.2, -0.15) is 0 Å². The summed E-state index contributed by atoms with van der Waals surface area (Å²) in [6.45, 7) is 3.89. The summed E-state index contributed by atoms with van der Waals surface area (Å²) in [5, 5.41) is 0.803. The molecule has 6 nitrogen and oxygen atoms in total. The van der Waals surface area contributed by atoms with Crippen molar-refractivity contribution in [2.24, 2.45) is 0 Å². The molecule has 0 atom stereocenters. The van der Waals surface area contributed by atoms with Crippen molar-refractivity contribution in [2.45, 2.75) is 6.92 Å². The molecule has 0 aliphatic heterocycles. The number of hydrogen-bond donors (Lipinski definition) is 0. The largest absolute Gasteiger partial charge is 0.383 e. The Morgan fingerprint density at radius 2 is 1.96 bits per heavy atom. The van der Waals surface area contributed by atoms with Crippen molar-refractivity contribution in [3.05, 3.63) is 35.1 Å². The molecule has 0 aliphatic carbocycles. The lowest BCUT2D eigenvalue weighted by molar-refractivity contribution is 0.0631. The van der Waals surface area contributed by atoms with E-state index in [2.05, 4.69) is 9.97 Å². The Labute approximate surface area is 140 Å². The van der Waals surface area contributed by atoms with Crippen LogP contribution in [0.2, 0.25) is 0 Å². The highest BCUT2D eigenvalue weighted by atomic mass is 32.1. The van der Waals surface area contributed by atoms with Crippen LogP contribution in [0.4, 0.5) is 0 Å². The van der Waals surface area contributed by atoms with Crippen LogP contribution in [-0.4, -0.2) is 61.3 Å². The first-order valence-corrected chi connectivity index (χ1v) is 8.14. The summed E-state index contributed by atoms with van der Waals surface area (Å²) in [7, 11) is 3.24. The molecule has 7 heteroatoms. The van der Waals surface area contributed by atoms with Crippen LogP contribution in [0.5, 0.6) is 0 Å². The zero-order valence-corrected chi connectivity index (χ0v) is 14.4. The van der Waals surface area contributed by atoms with Crippen LogP contribution in [0.3, 0.4) is 0 Å². The second kappa shape index (κ2) is 8.71. The number of carbonyl (C=O) groups excluding carboxylic acids is 1. The first-order chi connectivity index (χ1) is 11.2. The highest BCUT2D eigenvalue weighted by molar-refractivity contribution is 7.17. The highest BCUT2D eigenvalue weighted by Crippen LogP contribution is 2.28. The molecule has 23 heavy (non-hydrogen) atoms. The van der Waals surface area contributed by atoms with E-state index in [0.717, 1.165) is 16.3 Å². The monoisotopic (exact) mass is 335 g/mol. The van der Waals surface area contributed by atoms with Gasteiger partial charge < -0.3 is 14.4 Å². The number of ether oxygens (including phenoxy) is 2. The van der Waals surface area contributed by atoms with Gasteiger partial charge in [-0.3, -0.25) is 9.78 Å². The summed E-state index contributed by atoms with van der Waals surface area (Å²) in [4.78, 5) is 23.8. The number of hydrogen-bond acceptors (Lipinski definition) is 6. The van der Waals surface area contributed by atoms with Gasteiger partial charge in [-0.05, 0) is 19.1 Å². The number of nitrogens with zero attached hydrogens (tertiary/aromatic N) is 3. The summed E-state index contributed by atoms with van der Waals surface area (Å²) in [6.07, 6.45) is 3.47. The predicted molar refractivity (Wildman–Crippen MR) is 89.7 cm³/mol. The van der Waals surface area contributed by atoms with E-state index in [0.29, 0.717) is 31.2 Å². The third-order valence-electron chi connectivity index (χ3n) is 3.32. The fraction of sp³-hybridized carbons (Fsp3) is 0.438. The summed E-state index contributed by atoms with van der Waals surface area (Å²) >= 11 is 1.39. The first kappa shape index (κ1) is 17.5. The minimum Gasteiger partial charge on any atom is -0.383 e. The van der Waals surface area contributed by atoms with Crippen LogP contribution in [0.1, 0.15) is 15.4 Å². The van der Waals surface area contributed by atoms with Crippen molar-refractivity contribution in [1.29, 1.82) is 0 Å². The lowest BCUT2D eigenvalue weighted by atomic mass is 10.3. The molecule has 2 aromatic heterocycles. The molecule has 2 aromatic rings. The number of methoxy groups -OCH3 is 2. The molecule has 2 rings (SSSR count). The number of pyridine rings is 1. The van der Waals surface area contributed by atoms with Crippen molar-refractivity contribution in [3.8, 4) is 10.6 Å². The Morgan fingerprint density at radius 1 is 1.26 bits per heavy atom. The number of aromatic nitrogens is 2. The molecule has 124 valence electrons. The van der Waals surface area contributed by atoms with Gasteiger partial charge >= 0.3 is 0 Å². The summed E-state index contributed by atoms with van der Waals surface area (Å²) in [5.74, 6) is -0.0377. The number of aryl methyl sites for hydroxylation is 1. The van der Waals surface area contributed by atoms with Gasteiger partial charge in [0, 0.05) is 45.3 Å². The van der Waals surface area contributed by atoms with Gasteiger partial charge in [-0.25, -0.2) is 4.98 Å². The number of amides is 1. The van der Waals surface area contributed by atoms with E-state index in [4.69, 9.17) is 9.47 Å². The molecule has 0 aliphatic rings. The second-order valence-corrected chi connectivity index (χ2v) is 5.95. The normalized spacial score (nSPS) is 10.7. The van der Waals surface area contributed by atoms with Crippen LogP contribution in [0.15, 0.2) is 24.5 Å². The predicted octanol–water partition coefficient (Wildman–Crippen LogP) is 2.25. The fourth-order valence-electron chi connectivity index (χ4n) is 2.07. The molecule has 0 saturated heterocycles. The summed E-state index contributed by atoms with van der Waals surface area (Å²) in [5.41, 5.74) is 1.65. The van der Waals surface area contributed by atoms with Crippen molar-refractivity contribution in [3.63, 3.8) is 0 Å². The lowest BCUT2D eigenvalue weighted by Crippen LogP contribution is -2.36. The third-order valence-corrected chi connectivity index (χ3v) is 4.51. The van der Waals surface area contributed by atoms with Gasteiger partial charge in [0.15, 0.2) is 0 Å². The SMILES string of the molecule is COCCN(CCOC)C(=O)c1sc(-c2cccnc2)nc1C. The van der Waals surface area contributed by atoms with E-state index in [1.54, 1.807) is 31.5 Å². The number of rotatable bonds is 8. The third kappa shape index (κ3) is 4.57. The molecule has 0 aromatic carbocycles. The highest BCUT2D eigenvalue weighted by Gasteiger charge is 2.21. The average molecular weight is 335 g/mol. The second-order valence-electron chi connectivity index (χ2n) is 4.95. The Morgan fingerprint density at radius 3 is 2.52 bits per heavy atom. The van der Waals surface area contributed by atoms with Crippen LogP contribution >= 0.6 is 11.3 Å². The molecule has 0 radical (unpaired) electrons. The molecule has 2 heterocycles. The van der Waals surface area contributed by atoms with E-state index in [9.17, 15) is 4.79 Å². The van der Waals surface area contributed by atoms with Crippen molar-refractivity contribution in [2.75, 3.05) is 40.5 Å². The van der Waals surface area contributed by atoms with Gasteiger partial charge in [0.1, 0.15) is 9.88 Å². The maximum atomic E-state index is 12.8. The minimum absolute atomic E-state index is 0.0377. The molecular formula is C16H21N3O3S. The van der Waals surface area contributed by atoms with E-state index < -0.39 is 0 Å². The van der Waals surface area contributed by atoms with Crippen LogP contribution in [0.25, 0.3) is 10.6 Å². The van der Waals surface area contributed by atoms with E-state index in [1.165, 1.54) is 11.3 Å². The van der Waals surface area contributed by atoms with Crippen LogP contribution < -0.4 is 0 Å². The number of carbonyl (C=O) groups is 1. The molecular weight excluding hydrogens is 314 g/mol. The molecule has 0 spiro atoms. The quantitative estimate of drug-likeness (QED) is 0.740. The Balaban J connectivity index is 2.21. The smallest absolute Gasteiger partial charge is 0.266 e. The van der Waals surface area contributed by atoms with Crippen molar-refractivity contribution >= 4 is 17.2 Å². The molecule has 0 N–H and O–H groups in total.